The molecule has 1 rings (SSSR count). The first kappa shape index (κ1) is 10.6. The van der Waals surface area contributed by atoms with Gasteiger partial charge in [0.2, 0.25) is 0 Å². The van der Waals surface area contributed by atoms with Gasteiger partial charge in [0.05, 0.1) is 6.61 Å². The molecule has 0 amide bonds. The predicted molar refractivity (Wildman–Crippen MR) is 54.3 cm³/mol. The highest BCUT2D eigenvalue weighted by Crippen LogP contribution is 2.22. The average molecular weight is 194 g/mol. The van der Waals surface area contributed by atoms with E-state index in [9.17, 15) is 10.2 Å². The summed E-state index contributed by atoms with van der Waals surface area (Å²) in [6, 6.07) is 4.39. The van der Waals surface area contributed by atoms with Gasteiger partial charge >= 0.3 is 0 Å². The maximum atomic E-state index is 9.42. The Bertz CT molecular complexity index is 342. The van der Waals surface area contributed by atoms with Crippen molar-refractivity contribution in [3.05, 3.63) is 35.4 Å². The van der Waals surface area contributed by atoms with E-state index in [0.717, 1.165) is 5.57 Å². The molecule has 0 aromatic heterocycles. The molecule has 1 aromatic rings. The molecule has 0 atom stereocenters. The monoisotopic (exact) mass is 194 g/mol. The van der Waals surface area contributed by atoms with Crippen LogP contribution >= 0.6 is 0 Å². The van der Waals surface area contributed by atoms with Gasteiger partial charge in [0, 0.05) is 5.56 Å². The lowest BCUT2D eigenvalue weighted by molar-refractivity contribution is 0.331. The fourth-order valence-corrected chi connectivity index (χ4v) is 1.08. The summed E-state index contributed by atoms with van der Waals surface area (Å²) in [5.41, 5.74) is 1.49. The third-order valence-corrected chi connectivity index (χ3v) is 1.98. The predicted octanol–water partition coefficient (Wildman–Crippen LogP) is 1.58. The van der Waals surface area contributed by atoms with Gasteiger partial charge in [-0.15, -0.1) is 0 Å². The highest BCUT2D eigenvalue weighted by Gasteiger charge is 2.00. The number of allylic oxidation sites excluding steroid dienone is 1. The van der Waals surface area contributed by atoms with E-state index in [4.69, 9.17) is 5.11 Å². The molecule has 3 heteroatoms. The summed E-state index contributed by atoms with van der Waals surface area (Å²) in [4.78, 5) is 0. The Kier molecular flexibility index (Phi) is 3.54. The molecule has 1 aromatic carbocycles. The van der Waals surface area contributed by atoms with Crippen molar-refractivity contribution in [2.75, 3.05) is 6.61 Å². The second kappa shape index (κ2) is 4.67. The highest BCUT2D eigenvalue weighted by atomic mass is 16.3. The van der Waals surface area contributed by atoms with Gasteiger partial charge in [0.25, 0.3) is 0 Å². The molecule has 0 radical (unpaired) electrons. The van der Waals surface area contributed by atoms with E-state index in [0.29, 0.717) is 12.0 Å². The molecule has 3 N–H and O–H groups in total. The Balaban J connectivity index is 2.81. The van der Waals surface area contributed by atoms with E-state index in [1.54, 1.807) is 6.92 Å². The lowest BCUT2D eigenvalue weighted by atomic mass is 10.1. The summed E-state index contributed by atoms with van der Waals surface area (Å²) < 4.78 is 0. The summed E-state index contributed by atoms with van der Waals surface area (Å²) in [5.74, 6) is 0.289. The zero-order valence-corrected chi connectivity index (χ0v) is 8.07. The molecule has 0 aliphatic heterocycles. The van der Waals surface area contributed by atoms with Gasteiger partial charge in [-0.3, -0.25) is 0 Å². The smallest absolute Gasteiger partial charge is 0.119 e. The van der Waals surface area contributed by atoms with Crippen LogP contribution in [-0.4, -0.2) is 21.9 Å². The molecule has 14 heavy (non-hydrogen) atoms. The summed E-state index contributed by atoms with van der Waals surface area (Å²) in [7, 11) is 0. The highest BCUT2D eigenvalue weighted by molar-refractivity contribution is 5.39. The number of rotatable bonds is 3. The van der Waals surface area contributed by atoms with Gasteiger partial charge in [-0.1, -0.05) is 11.6 Å². The van der Waals surface area contributed by atoms with Crippen LogP contribution in [0.1, 0.15) is 12.5 Å². The van der Waals surface area contributed by atoms with E-state index in [1.807, 2.05) is 6.08 Å². The third kappa shape index (κ3) is 2.78. The van der Waals surface area contributed by atoms with Crippen molar-refractivity contribution in [2.45, 2.75) is 13.3 Å². The Morgan fingerprint density at radius 3 is 2.71 bits per heavy atom. The molecule has 3 nitrogen and oxygen atoms in total. The summed E-state index contributed by atoms with van der Waals surface area (Å²) >= 11 is 0. The van der Waals surface area contributed by atoms with Crippen molar-refractivity contribution in [3.63, 3.8) is 0 Å². The molecule has 0 spiro atoms. The largest absolute Gasteiger partial charge is 0.508 e. The van der Waals surface area contributed by atoms with Crippen LogP contribution in [0.4, 0.5) is 0 Å². The number of aliphatic hydroxyl groups excluding tert-OH is 1. The number of benzene rings is 1. The van der Waals surface area contributed by atoms with Crippen LogP contribution in [0.15, 0.2) is 29.8 Å². The van der Waals surface area contributed by atoms with Crippen molar-refractivity contribution in [3.8, 4) is 11.5 Å². The van der Waals surface area contributed by atoms with Crippen LogP contribution in [0.2, 0.25) is 0 Å². The molecule has 0 fully saturated rings. The molecular weight excluding hydrogens is 180 g/mol. The molecule has 0 saturated carbocycles. The zero-order chi connectivity index (χ0) is 10.6. The second-order valence-electron chi connectivity index (χ2n) is 3.23. The maximum absolute atomic E-state index is 9.42. The van der Waals surface area contributed by atoms with E-state index < -0.39 is 0 Å². The molecule has 0 aliphatic carbocycles. The van der Waals surface area contributed by atoms with Crippen molar-refractivity contribution >= 4 is 0 Å². The van der Waals surface area contributed by atoms with Crippen LogP contribution in [0.5, 0.6) is 11.5 Å². The van der Waals surface area contributed by atoms with E-state index in [1.165, 1.54) is 18.2 Å². The normalized spacial score (nSPS) is 11.7. The number of phenolic OH excluding ortho intramolecular Hbond substituents is 2. The second-order valence-corrected chi connectivity index (χ2v) is 3.23. The van der Waals surface area contributed by atoms with Gasteiger partial charge in [-0.05, 0) is 31.5 Å². The van der Waals surface area contributed by atoms with Crippen molar-refractivity contribution in [1.82, 2.24) is 0 Å². The SMILES string of the molecule is CC(=CCc1cc(O)ccc1O)CO. The lowest BCUT2D eigenvalue weighted by Crippen LogP contribution is -1.87. The minimum atomic E-state index is 0.0135. The van der Waals surface area contributed by atoms with Crippen molar-refractivity contribution < 1.29 is 15.3 Å². The number of phenols is 2. The Labute approximate surface area is 82.9 Å². The van der Waals surface area contributed by atoms with Gasteiger partial charge in [0.15, 0.2) is 0 Å². The standard InChI is InChI=1S/C11H14O3/c1-8(7-12)2-3-9-6-10(13)4-5-11(9)14/h2,4-6,12-14H,3,7H2,1H3. The van der Waals surface area contributed by atoms with Crippen LogP contribution < -0.4 is 0 Å². The van der Waals surface area contributed by atoms with Crippen molar-refractivity contribution in [2.24, 2.45) is 0 Å². The topological polar surface area (TPSA) is 60.7 Å². The molecule has 0 saturated heterocycles. The van der Waals surface area contributed by atoms with Crippen molar-refractivity contribution in [1.29, 1.82) is 0 Å². The number of hydrogen-bond donors (Lipinski definition) is 3. The van der Waals surface area contributed by atoms with Gasteiger partial charge in [0.1, 0.15) is 11.5 Å². The van der Waals surface area contributed by atoms with E-state index >= 15 is 0 Å². The first-order chi connectivity index (χ1) is 6.63. The van der Waals surface area contributed by atoms with Crippen LogP contribution in [-0.2, 0) is 6.42 Å². The van der Waals surface area contributed by atoms with Crippen LogP contribution in [0.3, 0.4) is 0 Å². The lowest BCUT2D eigenvalue weighted by Gasteiger charge is -2.02. The first-order valence-corrected chi connectivity index (χ1v) is 4.41. The Morgan fingerprint density at radius 2 is 2.07 bits per heavy atom. The van der Waals surface area contributed by atoms with Gasteiger partial charge in [-0.2, -0.15) is 0 Å². The zero-order valence-electron chi connectivity index (χ0n) is 8.07. The van der Waals surface area contributed by atoms with Crippen LogP contribution in [0.25, 0.3) is 0 Å². The molecular formula is C11H14O3. The summed E-state index contributed by atoms with van der Waals surface area (Å²) in [6.45, 7) is 1.82. The first-order valence-electron chi connectivity index (χ1n) is 4.41. The van der Waals surface area contributed by atoms with Crippen LogP contribution in [0, 0.1) is 0 Å². The molecule has 76 valence electrons. The minimum Gasteiger partial charge on any atom is -0.508 e. The van der Waals surface area contributed by atoms with E-state index in [2.05, 4.69) is 0 Å². The summed E-state index contributed by atoms with van der Waals surface area (Å²) in [6.07, 6.45) is 2.32. The molecule has 0 heterocycles. The number of hydrogen-bond acceptors (Lipinski definition) is 3. The quantitative estimate of drug-likeness (QED) is 0.505. The van der Waals surface area contributed by atoms with Gasteiger partial charge < -0.3 is 15.3 Å². The third-order valence-electron chi connectivity index (χ3n) is 1.98. The average Bonchev–Trinajstić information content (AvgIpc) is 2.19. The Morgan fingerprint density at radius 1 is 1.36 bits per heavy atom. The maximum Gasteiger partial charge on any atom is 0.119 e. The molecule has 0 aliphatic rings. The Hall–Kier alpha value is -1.48. The number of aliphatic hydroxyl groups is 1. The minimum absolute atomic E-state index is 0.0135. The van der Waals surface area contributed by atoms with E-state index in [-0.39, 0.29) is 18.1 Å². The van der Waals surface area contributed by atoms with Gasteiger partial charge in [-0.25, -0.2) is 0 Å². The fraction of sp³-hybridized carbons (Fsp3) is 0.273. The molecule has 0 unspecified atom stereocenters. The number of aromatic hydroxyl groups is 2. The molecule has 0 bridgehead atoms. The summed E-state index contributed by atoms with van der Waals surface area (Å²) in [5, 5.41) is 27.4. The fourth-order valence-electron chi connectivity index (χ4n) is 1.08.